The quantitative estimate of drug-likeness (QED) is 0.829. The van der Waals surface area contributed by atoms with Gasteiger partial charge in [-0.25, -0.2) is 4.79 Å². The Morgan fingerprint density at radius 1 is 1.26 bits per heavy atom. The number of carbonyl (C=O) groups is 1. The maximum atomic E-state index is 10.6. The number of carboxylic acid groups (broad SMARTS) is 1. The molecular weight excluding hydrogens is 294 g/mol. The highest BCUT2D eigenvalue weighted by Crippen LogP contribution is 2.23. The van der Waals surface area contributed by atoms with Crippen LogP contribution in [0.5, 0.6) is 11.5 Å². The second-order valence-corrected chi connectivity index (χ2v) is 4.67. The molecule has 0 unspecified atom stereocenters. The first-order valence-electron chi connectivity index (χ1n) is 6.83. The highest BCUT2D eigenvalue weighted by atomic mass is 16.5. The summed E-state index contributed by atoms with van der Waals surface area (Å²) in [7, 11) is 1.56. The van der Waals surface area contributed by atoms with E-state index in [0.717, 1.165) is 17.2 Å². The zero-order valence-electron chi connectivity index (χ0n) is 12.5. The van der Waals surface area contributed by atoms with E-state index in [1.165, 1.54) is 6.08 Å². The SMILES string of the molecule is COc1ccc(/C=C/C(=O)O)cc1COc1ccc(C#N)cc1. The van der Waals surface area contributed by atoms with Crippen molar-refractivity contribution in [1.82, 2.24) is 0 Å². The van der Waals surface area contributed by atoms with Gasteiger partial charge in [0.25, 0.3) is 0 Å². The Bertz CT molecular complexity index is 758. The number of hydrogen-bond acceptors (Lipinski definition) is 4. The molecule has 2 rings (SSSR count). The molecule has 0 bridgehead atoms. The van der Waals surface area contributed by atoms with Gasteiger partial charge in [0.15, 0.2) is 0 Å². The molecule has 2 aromatic rings. The molecule has 5 heteroatoms. The normalized spacial score (nSPS) is 10.3. The first-order chi connectivity index (χ1) is 11.1. The van der Waals surface area contributed by atoms with Crippen LogP contribution in [0, 0.1) is 11.3 Å². The molecule has 0 amide bonds. The Labute approximate surface area is 134 Å². The van der Waals surface area contributed by atoms with E-state index in [1.807, 2.05) is 12.1 Å². The van der Waals surface area contributed by atoms with Crippen LogP contribution in [-0.4, -0.2) is 18.2 Å². The Kier molecular flexibility index (Phi) is 5.37. The first kappa shape index (κ1) is 16.1. The molecule has 0 aromatic heterocycles. The fraction of sp³-hybridized carbons (Fsp3) is 0.111. The van der Waals surface area contributed by atoms with Crippen LogP contribution in [0.15, 0.2) is 48.5 Å². The van der Waals surface area contributed by atoms with Crippen molar-refractivity contribution in [3.63, 3.8) is 0 Å². The Morgan fingerprint density at radius 2 is 2.00 bits per heavy atom. The van der Waals surface area contributed by atoms with Gasteiger partial charge in [-0.2, -0.15) is 5.26 Å². The maximum absolute atomic E-state index is 10.6. The van der Waals surface area contributed by atoms with Gasteiger partial charge >= 0.3 is 5.97 Å². The number of nitriles is 1. The van der Waals surface area contributed by atoms with Gasteiger partial charge in [-0.3, -0.25) is 0 Å². The lowest BCUT2D eigenvalue weighted by Crippen LogP contribution is -1.99. The summed E-state index contributed by atoms with van der Waals surface area (Å²) in [6.07, 6.45) is 2.58. The standard InChI is InChI=1S/C18H15NO4/c1-22-17-8-4-13(5-9-18(20)21)10-15(17)12-23-16-6-2-14(11-19)3-7-16/h2-10H,12H2,1H3,(H,20,21)/b9-5+. The van der Waals surface area contributed by atoms with Gasteiger partial charge in [0.05, 0.1) is 18.7 Å². The summed E-state index contributed by atoms with van der Waals surface area (Å²) in [5, 5.41) is 17.4. The van der Waals surface area contributed by atoms with Crippen molar-refractivity contribution in [2.75, 3.05) is 7.11 Å². The number of nitrogens with zero attached hydrogens (tertiary/aromatic N) is 1. The Morgan fingerprint density at radius 3 is 2.61 bits per heavy atom. The van der Waals surface area contributed by atoms with Gasteiger partial charge in [-0.05, 0) is 48.0 Å². The van der Waals surface area contributed by atoms with Crippen LogP contribution < -0.4 is 9.47 Å². The Balaban J connectivity index is 2.14. The molecule has 0 aliphatic carbocycles. The predicted molar refractivity (Wildman–Crippen MR) is 85.2 cm³/mol. The van der Waals surface area contributed by atoms with E-state index in [0.29, 0.717) is 17.1 Å². The number of rotatable bonds is 6. The molecule has 116 valence electrons. The highest BCUT2D eigenvalue weighted by molar-refractivity contribution is 5.85. The van der Waals surface area contributed by atoms with E-state index in [9.17, 15) is 4.79 Å². The number of carboxylic acids is 1. The molecule has 0 aliphatic rings. The van der Waals surface area contributed by atoms with E-state index in [-0.39, 0.29) is 6.61 Å². The van der Waals surface area contributed by atoms with E-state index >= 15 is 0 Å². The second-order valence-electron chi connectivity index (χ2n) is 4.67. The number of benzene rings is 2. The summed E-state index contributed by atoms with van der Waals surface area (Å²) in [5.41, 5.74) is 2.10. The molecule has 0 radical (unpaired) electrons. The first-order valence-corrected chi connectivity index (χ1v) is 6.83. The van der Waals surface area contributed by atoms with E-state index < -0.39 is 5.97 Å². The summed E-state index contributed by atoms with van der Waals surface area (Å²) in [4.78, 5) is 10.6. The minimum absolute atomic E-state index is 0.268. The van der Waals surface area contributed by atoms with Gasteiger partial charge in [0.2, 0.25) is 0 Å². The van der Waals surface area contributed by atoms with Crippen molar-refractivity contribution in [3.05, 3.63) is 65.2 Å². The lowest BCUT2D eigenvalue weighted by molar-refractivity contribution is -0.131. The predicted octanol–water partition coefficient (Wildman–Crippen LogP) is 3.24. The minimum Gasteiger partial charge on any atom is -0.496 e. The van der Waals surface area contributed by atoms with Gasteiger partial charge in [0, 0.05) is 11.6 Å². The second kappa shape index (κ2) is 7.66. The van der Waals surface area contributed by atoms with Crippen molar-refractivity contribution in [2.45, 2.75) is 6.61 Å². The van der Waals surface area contributed by atoms with Crippen LogP contribution in [0.4, 0.5) is 0 Å². The van der Waals surface area contributed by atoms with Crippen LogP contribution in [0.3, 0.4) is 0 Å². The van der Waals surface area contributed by atoms with Gasteiger partial charge in [-0.15, -0.1) is 0 Å². The van der Waals surface area contributed by atoms with Crippen LogP contribution in [-0.2, 0) is 11.4 Å². The zero-order valence-corrected chi connectivity index (χ0v) is 12.5. The number of aliphatic carboxylic acids is 1. The summed E-state index contributed by atoms with van der Waals surface area (Å²) in [5.74, 6) is 0.292. The summed E-state index contributed by atoms with van der Waals surface area (Å²) >= 11 is 0. The van der Waals surface area contributed by atoms with E-state index in [2.05, 4.69) is 0 Å². The fourth-order valence-corrected chi connectivity index (χ4v) is 1.97. The molecule has 0 atom stereocenters. The maximum Gasteiger partial charge on any atom is 0.328 e. The van der Waals surface area contributed by atoms with Crippen molar-refractivity contribution >= 4 is 12.0 Å². The van der Waals surface area contributed by atoms with E-state index in [4.69, 9.17) is 19.8 Å². The van der Waals surface area contributed by atoms with Crippen LogP contribution in [0.25, 0.3) is 6.08 Å². The molecular formula is C18H15NO4. The molecule has 5 nitrogen and oxygen atoms in total. The van der Waals surface area contributed by atoms with Gasteiger partial charge in [0.1, 0.15) is 18.1 Å². The third-order valence-electron chi connectivity index (χ3n) is 3.10. The van der Waals surface area contributed by atoms with Crippen molar-refractivity contribution in [3.8, 4) is 17.6 Å². The van der Waals surface area contributed by atoms with E-state index in [1.54, 1.807) is 43.5 Å². The van der Waals surface area contributed by atoms with Gasteiger partial charge in [-0.1, -0.05) is 6.07 Å². The molecule has 0 spiro atoms. The smallest absolute Gasteiger partial charge is 0.328 e. The average molecular weight is 309 g/mol. The number of ether oxygens (including phenoxy) is 2. The largest absolute Gasteiger partial charge is 0.496 e. The van der Waals surface area contributed by atoms with Crippen LogP contribution >= 0.6 is 0 Å². The number of hydrogen-bond donors (Lipinski definition) is 1. The minimum atomic E-state index is -1.00. The number of methoxy groups -OCH3 is 1. The molecule has 0 heterocycles. The monoisotopic (exact) mass is 309 g/mol. The fourth-order valence-electron chi connectivity index (χ4n) is 1.97. The summed E-state index contributed by atoms with van der Waals surface area (Å²) < 4.78 is 11.0. The molecule has 0 saturated carbocycles. The third kappa shape index (κ3) is 4.61. The lowest BCUT2D eigenvalue weighted by atomic mass is 10.1. The molecule has 1 N–H and O–H groups in total. The molecule has 23 heavy (non-hydrogen) atoms. The topological polar surface area (TPSA) is 79.6 Å². The summed E-state index contributed by atoms with van der Waals surface area (Å²) in [6.45, 7) is 0.268. The van der Waals surface area contributed by atoms with Crippen LogP contribution in [0.2, 0.25) is 0 Å². The van der Waals surface area contributed by atoms with Crippen LogP contribution in [0.1, 0.15) is 16.7 Å². The molecule has 2 aromatic carbocycles. The van der Waals surface area contributed by atoms with Crippen molar-refractivity contribution in [2.24, 2.45) is 0 Å². The summed E-state index contributed by atoms with van der Waals surface area (Å²) in [6, 6.07) is 14.2. The third-order valence-corrected chi connectivity index (χ3v) is 3.10. The molecule has 0 fully saturated rings. The molecule has 0 saturated heterocycles. The highest BCUT2D eigenvalue weighted by Gasteiger charge is 2.05. The van der Waals surface area contributed by atoms with Crippen molar-refractivity contribution in [1.29, 1.82) is 5.26 Å². The molecule has 0 aliphatic heterocycles. The average Bonchev–Trinajstić information content (AvgIpc) is 2.58. The zero-order chi connectivity index (χ0) is 16.7. The van der Waals surface area contributed by atoms with Crippen molar-refractivity contribution < 1.29 is 19.4 Å². The van der Waals surface area contributed by atoms with Gasteiger partial charge < -0.3 is 14.6 Å². The Hall–Kier alpha value is -3.26. The lowest BCUT2D eigenvalue weighted by Gasteiger charge is -2.11.